The lowest BCUT2D eigenvalue weighted by Gasteiger charge is -2.51. The van der Waals surface area contributed by atoms with Crippen molar-refractivity contribution in [3.63, 3.8) is 0 Å². The number of amidine groups is 1. The average molecular weight is 497 g/mol. The number of carbonyl (C=O) groups excluding carboxylic acids is 1. The van der Waals surface area contributed by atoms with Crippen LogP contribution in [0.2, 0.25) is 0 Å². The van der Waals surface area contributed by atoms with E-state index in [1.165, 1.54) is 25.1 Å². The van der Waals surface area contributed by atoms with E-state index in [-0.39, 0.29) is 41.6 Å². The number of halogens is 3. The first-order chi connectivity index (χ1) is 15.8. The second-order valence-electron chi connectivity index (χ2n) is 8.60. The van der Waals surface area contributed by atoms with Gasteiger partial charge < -0.3 is 20.7 Å². The molecule has 3 heterocycles. The zero-order valence-corrected chi connectivity index (χ0v) is 19.1. The average Bonchev–Trinajstić information content (AvgIpc) is 2.71. The number of nitrogens with two attached hydrogens (primary N) is 1. The Hall–Kier alpha value is -3.19. The van der Waals surface area contributed by atoms with Gasteiger partial charge in [-0.3, -0.25) is 9.79 Å². The van der Waals surface area contributed by atoms with E-state index < -0.39 is 44.2 Å². The molecule has 0 unspecified atom stereocenters. The van der Waals surface area contributed by atoms with Gasteiger partial charge in [0, 0.05) is 24.3 Å². The SMILES string of the molecule is CN1CC2(C1)C(N)=N[C@](C)(c1cc(NC(=O)c3ccc(OC(F)F)cn3)ccc1F)CS2(=O)=O. The summed E-state index contributed by atoms with van der Waals surface area (Å²) in [6.07, 6.45) is 0.969. The number of ether oxygens (including phenoxy) is 1. The van der Waals surface area contributed by atoms with Gasteiger partial charge in [0.2, 0.25) is 0 Å². The molecule has 182 valence electrons. The lowest BCUT2D eigenvalue weighted by atomic mass is 9.91. The topological polar surface area (TPSA) is 127 Å². The van der Waals surface area contributed by atoms with Crippen LogP contribution in [0.15, 0.2) is 41.5 Å². The minimum Gasteiger partial charge on any atom is -0.433 e. The summed E-state index contributed by atoms with van der Waals surface area (Å²) in [6, 6.07) is 6.01. The van der Waals surface area contributed by atoms with Gasteiger partial charge in [0.15, 0.2) is 14.6 Å². The molecule has 0 bridgehead atoms. The monoisotopic (exact) mass is 497 g/mol. The van der Waals surface area contributed by atoms with Gasteiger partial charge in [-0.15, -0.1) is 0 Å². The van der Waals surface area contributed by atoms with Gasteiger partial charge in [0.05, 0.1) is 11.9 Å². The van der Waals surface area contributed by atoms with Gasteiger partial charge in [-0.25, -0.2) is 17.8 Å². The fourth-order valence-electron chi connectivity index (χ4n) is 4.29. The summed E-state index contributed by atoms with van der Waals surface area (Å²) in [4.78, 5) is 22.5. The molecular formula is C21H22F3N5O4S. The van der Waals surface area contributed by atoms with Crippen molar-refractivity contribution < 1.29 is 31.1 Å². The maximum absolute atomic E-state index is 14.8. The van der Waals surface area contributed by atoms with Gasteiger partial charge in [-0.05, 0) is 44.3 Å². The van der Waals surface area contributed by atoms with E-state index in [1.54, 1.807) is 11.9 Å². The Labute approximate surface area is 193 Å². The van der Waals surface area contributed by atoms with Gasteiger partial charge in [0.25, 0.3) is 5.91 Å². The lowest BCUT2D eigenvalue weighted by Crippen LogP contribution is -2.73. The van der Waals surface area contributed by atoms with Crippen molar-refractivity contribution >= 4 is 27.3 Å². The number of anilines is 1. The van der Waals surface area contributed by atoms with Crippen LogP contribution in [-0.4, -0.2) is 67.3 Å². The number of benzene rings is 1. The summed E-state index contributed by atoms with van der Waals surface area (Å²) in [6.45, 7) is -1.12. The van der Waals surface area contributed by atoms with Crippen LogP contribution in [0.1, 0.15) is 23.0 Å². The standard InChI is InChI=1S/C21H22F3N5O4S/c1-20(11-34(31,32)21(18(25)28-20)9-29(2)10-21)14-7-12(3-5-15(14)22)27-17(30)16-6-4-13(8-26-16)33-19(23)24/h3-8,19H,9-11H2,1-2H3,(H2,25,28)(H,27,30)/t20-/m0/s1. The van der Waals surface area contributed by atoms with E-state index in [0.29, 0.717) is 0 Å². The lowest BCUT2D eigenvalue weighted by molar-refractivity contribution is -0.0500. The molecule has 2 aromatic rings. The third-order valence-corrected chi connectivity index (χ3v) is 8.55. The number of rotatable bonds is 5. The first-order valence-corrected chi connectivity index (χ1v) is 11.8. The van der Waals surface area contributed by atoms with E-state index in [4.69, 9.17) is 5.73 Å². The third-order valence-electron chi connectivity index (χ3n) is 5.95. The molecule has 2 aliphatic rings. The molecule has 2 aliphatic heterocycles. The van der Waals surface area contributed by atoms with Crippen LogP contribution in [0.4, 0.5) is 18.9 Å². The zero-order valence-electron chi connectivity index (χ0n) is 18.3. The van der Waals surface area contributed by atoms with E-state index in [1.807, 2.05) is 0 Å². The van der Waals surface area contributed by atoms with E-state index in [9.17, 15) is 26.4 Å². The summed E-state index contributed by atoms with van der Waals surface area (Å²) in [5.74, 6) is -2.13. The van der Waals surface area contributed by atoms with Crippen molar-refractivity contribution in [2.75, 3.05) is 31.2 Å². The number of sulfone groups is 1. The number of aromatic nitrogens is 1. The summed E-state index contributed by atoms with van der Waals surface area (Å²) in [7, 11) is -1.99. The van der Waals surface area contributed by atoms with E-state index in [2.05, 4.69) is 20.0 Å². The van der Waals surface area contributed by atoms with Crippen LogP contribution in [0.25, 0.3) is 0 Å². The number of likely N-dealkylation sites (tertiary alicyclic amines) is 1. The molecule has 1 spiro atoms. The molecule has 9 nitrogen and oxygen atoms in total. The van der Waals surface area contributed by atoms with Gasteiger partial charge in [-0.2, -0.15) is 8.78 Å². The summed E-state index contributed by atoms with van der Waals surface area (Å²) < 4.78 is 68.5. The molecule has 1 fully saturated rings. The third kappa shape index (κ3) is 4.09. The van der Waals surface area contributed by atoms with Gasteiger partial charge in [-0.1, -0.05) is 0 Å². The van der Waals surface area contributed by atoms with E-state index >= 15 is 0 Å². The van der Waals surface area contributed by atoms with Crippen molar-refractivity contribution in [2.45, 2.75) is 23.8 Å². The highest BCUT2D eigenvalue weighted by atomic mass is 32.2. The number of carbonyl (C=O) groups is 1. The van der Waals surface area contributed by atoms with Crippen molar-refractivity contribution in [3.8, 4) is 5.75 Å². The van der Waals surface area contributed by atoms with Crippen molar-refractivity contribution in [1.29, 1.82) is 0 Å². The van der Waals surface area contributed by atoms with Gasteiger partial charge >= 0.3 is 6.61 Å². The number of nitrogens with one attached hydrogen (secondary N) is 1. The Kier molecular flexibility index (Phi) is 5.80. The molecule has 1 amide bonds. The Bertz CT molecular complexity index is 1260. The minimum atomic E-state index is -3.76. The summed E-state index contributed by atoms with van der Waals surface area (Å²) >= 11 is 0. The quantitative estimate of drug-likeness (QED) is 0.645. The number of hydrogen-bond acceptors (Lipinski definition) is 8. The molecule has 1 aromatic heterocycles. The normalized spacial score (nSPS) is 23.3. The summed E-state index contributed by atoms with van der Waals surface area (Å²) in [5.41, 5.74) is 4.61. The molecule has 34 heavy (non-hydrogen) atoms. The van der Waals surface area contributed by atoms with Crippen LogP contribution >= 0.6 is 0 Å². The van der Waals surface area contributed by atoms with E-state index in [0.717, 1.165) is 18.3 Å². The highest BCUT2D eigenvalue weighted by Crippen LogP contribution is 2.42. The molecule has 3 N–H and O–H groups in total. The number of nitrogens with zero attached hydrogens (tertiary/aromatic N) is 3. The van der Waals surface area contributed by atoms with Crippen LogP contribution in [-0.2, 0) is 15.4 Å². The minimum absolute atomic E-state index is 0.0482. The highest BCUT2D eigenvalue weighted by Gasteiger charge is 2.60. The Morgan fingerprint density at radius 2 is 1.97 bits per heavy atom. The maximum Gasteiger partial charge on any atom is 0.387 e. The smallest absolute Gasteiger partial charge is 0.387 e. The molecule has 0 saturated carbocycles. The zero-order chi connectivity index (χ0) is 24.9. The predicted octanol–water partition coefficient (Wildman–Crippen LogP) is 1.76. The van der Waals surface area contributed by atoms with Crippen LogP contribution in [0, 0.1) is 5.82 Å². The van der Waals surface area contributed by atoms with Crippen LogP contribution in [0.3, 0.4) is 0 Å². The largest absolute Gasteiger partial charge is 0.433 e. The highest BCUT2D eigenvalue weighted by molar-refractivity contribution is 7.93. The second-order valence-corrected chi connectivity index (χ2v) is 10.9. The van der Waals surface area contributed by atoms with Gasteiger partial charge in [0.1, 0.15) is 28.6 Å². The molecule has 0 radical (unpaired) electrons. The first-order valence-electron chi connectivity index (χ1n) is 10.1. The first kappa shape index (κ1) is 24.0. The molecule has 1 aromatic carbocycles. The Balaban J connectivity index is 1.60. The Morgan fingerprint density at radius 3 is 2.53 bits per heavy atom. The molecule has 0 aliphatic carbocycles. The molecular weight excluding hydrogens is 475 g/mol. The number of amides is 1. The number of aliphatic imine (C=N–C) groups is 1. The van der Waals surface area contributed by atoms with Crippen LogP contribution < -0.4 is 15.8 Å². The number of pyridine rings is 1. The fraction of sp³-hybridized carbons (Fsp3) is 0.381. The Morgan fingerprint density at radius 1 is 1.26 bits per heavy atom. The van der Waals surface area contributed by atoms with Crippen molar-refractivity contribution in [1.82, 2.24) is 9.88 Å². The number of alkyl halides is 2. The second kappa shape index (κ2) is 8.24. The summed E-state index contributed by atoms with van der Waals surface area (Å²) in [5, 5.41) is 2.53. The maximum atomic E-state index is 14.8. The van der Waals surface area contributed by atoms with Crippen LogP contribution in [0.5, 0.6) is 5.75 Å². The van der Waals surface area contributed by atoms with Crippen molar-refractivity contribution in [2.24, 2.45) is 10.7 Å². The molecule has 13 heteroatoms. The number of hydrogen-bond donors (Lipinski definition) is 2. The van der Waals surface area contributed by atoms with Crippen molar-refractivity contribution in [3.05, 3.63) is 53.6 Å². The fourth-order valence-corrected chi connectivity index (χ4v) is 6.72. The molecule has 4 rings (SSSR count). The molecule has 1 saturated heterocycles. The molecule has 1 atom stereocenters. The predicted molar refractivity (Wildman–Crippen MR) is 118 cm³/mol.